The Morgan fingerprint density at radius 2 is 1.94 bits per heavy atom. The van der Waals surface area contributed by atoms with Gasteiger partial charge < -0.3 is 9.73 Å². The van der Waals surface area contributed by atoms with Crippen LogP contribution in [0.2, 0.25) is 0 Å². The predicted molar refractivity (Wildman–Crippen MR) is 74.7 cm³/mol. The minimum Gasteiger partial charge on any atom is -0.464 e. The molecule has 3 nitrogen and oxygen atoms in total. The van der Waals surface area contributed by atoms with Crippen LogP contribution in [0, 0.1) is 5.41 Å². The molecule has 102 valence electrons. The fourth-order valence-electron chi connectivity index (χ4n) is 2.83. The molecule has 1 saturated heterocycles. The molecule has 0 spiro atoms. The van der Waals surface area contributed by atoms with Crippen molar-refractivity contribution in [3.05, 3.63) is 23.7 Å². The normalized spacial score (nSPS) is 20.0. The molecule has 0 bridgehead atoms. The summed E-state index contributed by atoms with van der Waals surface area (Å²) in [6.45, 7) is 13.4. The number of hydrogen-bond acceptors (Lipinski definition) is 3. The molecule has 1 aliphatic heterocycles. The lowest BCUT2D eigenvalue weighted by Crippen LogP contribution is -2.48. The van der Waals surface area contributed by atoms with E-state index in [1.807, 2.05) is 0 Å². The second-order valence-corrected chi connectivity index (χ2v) is 6.21. The summed E-state index contributed by atoms with van der Waals surface area (Å²) in [7, 11) is 0. The number of piperazine rings is 1. The summed E-state index contributed by atoms with van der Waals surface area (Å²) in [5, 5.41) is 3.42. The molecule has 0 unspecified atom stereocenters. The molecule has 0 aromatic carbocycles. The molecule has 1 aromatic heterocycles. The van der Waals surface area contributed by atoms with Gasteiger partial charge in [-0.05, 0) is 17.5 Å². The summed E-state index contributed by atoms with van der Waals surface area (Å²) in [5.74, 6) is 2.22. The van der Waals surface area contributed by atoms with Crippen LogP contribution < -0.4 is 5.32 Å². The van der Waals surface area contributed by atoms with Gasteiger partial charge in [-0.2, -0.15) is 0 Å². The fourth-order valence-corrected chi connectivity index (χ4v) is 2.83. The minimum atomic E-state index is 0.195. The molecule has 1 aliphatic rings. The Kier molecular flexibility index (Phi) is 4.13. The SMILES string of the molecule is CCc1ccc([C@@H](N2CCNCC2)C(C)(C)C)o1. The van der Waals surface area contributed by atoms with Gasteiger partial charge in [-0.1, -0.05) is 27.7 Å². The highest BCUT2D eigenvalue weighted by molar-refractivity contribution is 5.13. The Labute approximate surface area is 111 Å². The Morgan fingerprint density at radius 1 is 1.28 bits per heavy atom. The van der Waals surface area contributed by atoms with Crippen molar-refractivity contribution < 1.29 is 4.42 Å². The van der Waals surface area contributed by atoms with Crippen LogP contribution in [0.15, 0.2) is 16.5 Å². The summed E-state index contributed by atoms with van der Waals surface area (Å²) in [6, 6.07) is 4.66. The van der Waals surface area contributed by atoms with Gasteiger partial charge in [0.15, 0.2) is 0 Å². The molecule has 0 amide bonds. The molecule has 1 fully saturated rings. The van der Waals surface area contributed by atoms with Gasteiger partial charge in [0.05, 0.1) is 6.04 Å². The average Bonchev–Trinajstić information content (AvgIpc) is 2.77. The van der Waals surface area contributed by atoms with Crippen LogP contribution in [0.25, 0.3) is 0 Å². The molecule has 1 aromatic rings. The lowest BCUT2D eigenvalue weighted by molar-refractivity contribution is 0.0688. The van der Waals surface area contributed by atoms with Crippen molar-refractivity contribution in [2.45, 2.75) is 40.2 Å². The monoisotopic (exact) mass is 250 g/mol. The first kappa shape index (κ1) is 13.6. The largest absolute Gasteiger partial charge is 0.464 e. The molecular formula is C15H26N2O. The average molecular weight is 250 g/mol. The smallest absolute Gasteiger partial charge is 0.121 e. The summed E-state index contributed by atoms with van der Waals surface area (Å²) in [5.41, 5.74) is 0.195. The van der Waals surface area contributed by atoms with E-state index < -0.39 is 0 Å². The number of rotatable bonds is 3. The van der Waals surface area contributed by atoms with Crippen molar-refractivity contribution in [2.24, 2.45) is 5.41 Å². The van der Waals surface area contributed by atoms with Crippen molar-refractivity contribution in [2.75, 3.05) is 26.2 Å². The van der Waals surface area contributed by atoms with E-state index in [0.29, 0.717) is 6.04 Å². The van der Waals surface area contributed by atoms with Crippen molar-refractivity contribution in [1.29, 1.82) is 0 Å². The zero-order chi connectivity index (χ0) is 13.2. The van der Waals surface area contributed by atoms with Gasteiger partial charge in [-0.3, -0.25) is 4.90 Å². The van der Waals surface area contributed by atoms with Gasteiger partial charge in [-0.25, -0.2) is 0 Å². The standard InChI is InChI=1S/C15H26N2O/c1-5-12-6-7-13(18-12)14(15(2,3)4)17-10-8-16-9-11-17/h6-7,14,16H,5,8-11H2,1-4H3/t14-/m1/s1. The number of aryl methyl sites for hydroxylation is 1. The molecular weight excluding hydrogens is 224 g/mol. The lowest BCUT2D eigenvalue weighted by Gasteiger charge is -2.41. The first-order valence-electron chi connectivity index (χ1n) is 7.05. The van der Waals surface area contributed by atoms with Crippen molar-refractivity contribution >= 4 is 0 Å². The van der Waals surface area contributed by atoms with Gasteiger partial charge in [0.2, 0.25) is 0 Å². The molecule has 2 heterocycles. The van der Waals surface area contributed by atoms with Crippen LogP contribution >= 0.6 is 0 Å². The maximum atomic E-state index is 6.01. The number of hydrogen-bond donors (Lipinski definition) is 1. The first-order chi connectivity index (χ1) is 8.52. The second-order valence-electron chi connectivity index (χ2n) is 6.21. The Hall–Kier alpha value is -0.800. The van der Waals surface area contributed by atoms with Crippen molar-refractivity contribution in [3.63, 3.8) is 0 Å². The van der Waals surface area contributed by atoms with Gasteiger partial charge >= 0.3 is 0 Å². The molecule has 1 N–H and O–H groups in total. The zero-order valence-corrected chi connectivity index (χ0v) is 12.1. The zero-order valence-electron chi connectivity index (χ0n) is 12.1. The second kappa shape index (κ2) is 5.45. The van der Waals surface area contributed by atoms with E-state index in [9.17, 15) is 0 Å². The fraction of sp³-hybridized carbons (Fsp3) is 0.733. The summed E-state index contributed by atoms with van der Waals surface area (Å²) >= 11 is 0. The molecule has 3 heteroatoms. The van der Waals surface area contributed by atoms with Crippen LogP contribution in [0.5, 0.6) is 0 Å². The van der Waals surface area contributed by atoms with Crippen LogP contribution in [-0.2, 0) is 6.42 Å². The molecule has 0 saturated carbocycles. The first-order valence-corrected chi connectivity index (χ1v) is 7.05. The number of furan rings is 1. The molecule has 0 radical (unpaired) electrons. The quantitative estimate of drug-likeness (QED) is 0.894. The van der Waals surface area contributed by atoms with Gasteiger partial charge in [0, 0.05) is 32.6 Å². The maximum Gasteiger partial charge on any atom is 0.121 e. The van der Waals surface area contributed by atoms with Crippen molar-refractivity contribution in [3.8, 4) is 0 Å². The molecule has 1 atom stereocenters. The van der Waals surface area contributed by atoms with E-state index in [1.54, 1.807) is 0 Å². The van der Waals surface area contributed by atoms with E-state index in [-0.39, 0.29) is 5.41 Å². The predicted octanol–water partition coefficient (Wildman–Crippen LogP) is 2.83. The highest BCUT2D eigenvalue weighted by Gasteiger charge is 2.34. The van der Waals surface area contributed by atoms with Crippen molar-refractivity contribution in [1.82, 2.24) is 10.2 Å². The summed E-state index contributed by atoms with van der Waals surface area (Å²) in [4.78, 5) is 2.55. The Bertz CT molecular complexity index is 372. The van der Waals surface area contributed by atoms with E-state index in [1.165, 1.54) is 0 Å². The molecule has 2 rings (SSSR count). The van der Waals surface area contributed by atoms with Gasteiger partial charge in [0.1, 0.15) is 11.5 Å². The van der Waals surface area contributed by atoms with E-state index in [2.05, 4.69) is 50.0 Å². The van der Waals surface area contributed by atoms with Crippen LogP contribution in [-0.4, -0.2) is 31.1 Å². The highest BCUT2D eigenvalue weighted by Crippen LogP contribution is 2.38. The third-order valence-corrected chi connectivity index (χ3v) is 3.64. The van der Waals surface area contributed by atoms with Crippen LogP contribution in [0.4, 0.5) is 0 Å². The maximum absolute atomic E-state index is 6.01. The third kappa shape index (κ3) is 2.96. The minimum absolute atomic E-state index is 0.195. The van der Waals surface area contributed by atoms with Crippen LogP contribution in [0.1, 0.15) is 45.3 Å². The van der Waals surface area contributed by atoms with E-state index in [0.717, 1.165) is 44.1 Å². The van der Waals surface area contributed by atoms with E-state index in [4.69, 9.17) is 4.42 Å². The van der Waals surface area contributed by atoms with Gasteiger partial charge in [-0.15, -0.1) is 0 Å². The van der Waals surface area contributed by atoms with Crippen LogP contribution in [0.3, 0.4) is 0 Å². The lowest BCUT2D eigenvalue weighted by atomic mass is 9.84. The topological polar surface area (TPSA) is 28.4 Å². The Morgan fingerprint density at radius 3 is 2.44 bits per heavy atom. The Balaban J connectivity index is 2.24. The number of nitrogens with one attached hydrogen (secondary N) is 1. The summed E-state index contributed by atoms with van der Waals surface area (Å²) < 4.78 is 6.01. The molecule has 18 heavy (non-hydrogen) atoms. The third-order valence-electron chi connectivity index (χ3n) is 3.64. The van der Waals surface area contributed by atoms with E-state index >= 15 is 0 Å². The summed E-state index contributed by atoms with van der Waals surface area (Å²) in [6.07, 6.45) is 0.971. The molecule has 0 aliphatic carbocycles. The number of nitrogens with zero attached hydrogens (tertiary/aromatic N) is 1. The highest BCUT2D eigenvalue weighted by atomic mass is 16.3. The van der Waals surface area contributed by atoms with Gasteiger partial charge in [0.25, 0.3) is 0 Å².